The number of aromatic nitrogens is 1. The zero-order valence-electron chi connectivity index (χ0n) is 18.2. The Morgan fingerprint density at radius 1 is 1.20 bits per heavy atom. The van der Waals surface area contributed by atoms with Crippen LogP contribution in [0.4, 0.5) is 24.5 Å². The van der Waals surface area contributed by atoms with Crippen molar-refractivity contribution in [1.82, 2.24) is 4.98 Å². The smallest absolute Gasteiger partial charge is 0.418 e. The van der Waals surface area contributed by atoms with E-state index in [1.165, 1.54) is 42.9 Å². The van der Waals surface area contributed by atoms with Gasteiger partial charge in [-0.2, -0.15) is 13.2 Å². The molecule has 0 aliphatic carbocycles. The van der Waals surface area contributed by atoms with Gasteiger partial charge in [0.05, 0.1) is 40.0 Å². The van der Waals surface area contributed by atoms with Crippen molar-refractivity contribution in [3.8, 4) is 11.5 Å². The van der Waals surface area contributed by atoms with Gasteiger partial charge >= 0.3 is 6.18 Å². The first-order chi connectivity index (χ1) is 16.7. The standard InChI is InChI=1S/C24H18F3N3O3S2/c1-33-19-8-4-5-14(22(19)32)12-28-15-9-10-18-20(11-15)35-23(30-18)34-13-21(31)29-17-7-3-2-6-16(17)24(25,26)27/h2-12,32H,13H2,1H3,(H,29,31). The van der Waals surface area contributed by atoms with E-state index in [1.54, 1.807) is 30.3 Å². The van der Waals surface area contributed by atoms with Crippen LogP contribution in [0.2, 0.25) is 0 Å². The van der Waals surface area contributed by atoms with E-state index in [1.807, 2.05) is 6.07 Å². The van der Waals surface area contributed by atoms with Crippen LogP contribution in [0.5, 0.6) is 11.5 Å². The number of phenolic OH excluding ortho intramolecular Hbond substituents is 1. The largest absolute Gasteiger partial charge is 0.504 e. The minimum absolute atomic E-state index is 0.00700. The first kappa shape index (κ1) is 24.6. The third kappa shape index (κ3) is 5.92. The molecule has 3 aromatic carbocycles. The van der Waals surface area contributed by atoms with E-state index in [-0.39, 0.29) is 17.2 Å². The molecular formula is C24H18F3N3O3S2. The fourth-order valence-corrected chi connectivity index (χ4v) is 5.04. The number of hydrogen-bond acceptors (Lipinski definition) is 7. The quantitative estimate of drug-likeness (QED) is 0.216. The highest BCUT2D eigenvalue weighted by atomic mass is 32.2. The highest BCUT2D eigenvalue weighted by Gasteiger charge is 2.33. The fourth-order valence-electron chi connectivity index (χ4n) is 3.14. The van der Waals surface area contributed by atoms with E-state index in [9.17, 15) is 23.1 Å². The second-order valence-electron chi connectivity index (χ2n) is 7.17. The Kier molecular flexibility index (Phi) is 7.27. The Morgan fingerprint density at radius 3 is 2.77 bits per heavy atom. The molecule has 0 unspecified atom stereocenters. The van der Waals surface area contributed by atoms with Gasteiger partial charge in [0.15, 0.2) is 15.8 Å². The molecule has 180 valence electrons. The number of ether oxygens (including phenoxy) is 1. The molecule has 0 radical (unpaired) electrons. The second kappa shape index (κ2) is 10.4. The summed E-state index contributed by atoms with van der Waals surface area (Å²) in [5.74, 6) is -0.312. The summed E-state index contributed by atoms with van der Waals surface area (Å²) in [7, 11) is 1.47. The number of nitrogens with one attached hydrogen (secondary N) is 1. The van der Waals surface area contributed by atoms with Gasteiger partial charge in [-0.25, -0.2) is 4.98 Å². The van der Waals surface area contributed by atoms with Gasteiger partial charge in [0.2, 0.25) is 5.91 Å². The van der Waals surface area contributed by atoms with Crippen LogP contribution in [0.15, 0.2) is 70.0 Å². The Bertz CT molecular complexity index is 1400. The number of carbonyl (C=O) groups excluding carboxylic acids is 1. The molecule has 4 aromatic rings. The van der Waals surface area contributed by atoms with Crippen molar-refractivity contribution in [2.45, 2.75) is 10.5 Å². The van der Waals surface area contributed by atoms with Gasteiger partial charge in [0, 0.05) is 11.8 Å². The molecule has 0 spiro atoms. The average Bonchev–Trinajstić information content (AvgIpc) is 3.24. The summed E-state index contributed by atoms with van der Waals surface area (Å²) in [4.78, 5) is 21.1. The van der Waals surface area contributed by atoms with E-state index in [4.69, 9.17) is 4.74 Å². The van der Waals surface area contributed by atoms with Crippen LogP contribution in [-0.2, 0) is 11.0 Å². The van der Waals surface area contributed by atoms with Gasteiger partial charge in [-0.15, -0.1) is 11.3 Å². The van der Waals surface area contributed by atoms with Gasteiger partial charge in [-0.3, -0.25) is 9.79 Å². The lowest BCUT2D eigenvalue weighted by molar-refractivity contribution is -0.137. The van der Waals surface area contributed by atoms with Crippen LogP contribution in [0.1, 0.15) is 11.1 Å². The Hall–Kier alpha value is -3.57. The summed E-state index contributed by atoms with van der Waals surface area (Å²) in [6.45, 7) is 0. The predicted molar refractivity (Wildman–Crippen MR) is 132 cm³/mol. The number of aromatic hydroxyl groups is 1. The number of alkyl halides is 3. The molecule has 0 atom stereocenters. The highest BCUT2D eigenvalue weighted by molar-refractivity contribution is 8.01. The number of nitrogens with zero attached hydrogens (tertiary/aromatic N) is 2. The number of hydrogen-bond donors (Lipinski definition) is 2. The highest BCUT2D eigenvalue weighted by Crippen LogP contribution is 2.35. The Morgan fingerprint density at radius 2 is 2.00 bits per heavy atom. The van der Waals surface area contributed by atoms with E-state index < -0.39 is 17.6 Å². The number of rotatable bonds is 7. The monoisotopic (exact) mass is 517 g/mol. The number of carbonyl (C=O) groups is 1. The minimum Gasteiger partial charge on any atom is -0.504 e. The lowest BCUT2D eigenvalue weighted by Gasteiger charge is -2.13. The maximum Gasteiger partial charge on any atom is 0.418 e. The summed E-state index contributed by atoms with van der Waals surface area (Å²) < 4.78 is 45.9. The lowest BCUT2D eigenvalue weighted by atomic mass is 10.1. The molecule has 1 heterocycles. The molecule has 0 aliphatic rings. The first-order valence-corrected chi connectivity index (χ1v) is 11.9. The number of para-hydroxylation sites is 2. The number of fused-ring (bicyclic) bond motifs is 1. The van der Waals surface area contributed by atoms with Crippen LogP contribution in [-0.4, -0.2) is 35.1 Å². The van der Waals surface area contributed by atoms with Crippen molar-refractivity contribution < 1.29 is 27.8 Å². The van der Waals surface area contributed by atoms with Gasteiger partial charge in [0.25, 0.3) is 0 Å². The molecule has 4 rings (SSSR count). The molecule has 0 saturated heterocycles. The number of halogens is 3. The second-order valence-corrected chi connectivity index (χ2v) is 9.42. The van der Waals surface area contributed by atoms with Crippen LogP contribution in [0.25, 0.3) is 10.2 Å². The summed E-state index contributed by atoms with van der Waals surface area (Å²) in [5, 5.41) is 12.5. The first-order valence-electron chi connectivity index (χ1n) is 10.1. The molecule has 11 heteroatoms. The van der Waals surface area contributed by atoms with Gasteiger partial charge in [-0.05, 0) is 42.5 Å². The van der Waals surface area contributed by atoms with E-state index in [0.717, 1.165) is 22.5 Å². The Labute approximate surface area is 206 Å². The molecule has 0 saturated carbocycles. The predicted octanol–water partition coefficient (Wildman–Crippen LogP) is 6.51. The summed E-state index contributed by atoms with van der Waals surface area (Å²) in [5.41, 5.74) is 0.682. The summed E-state index contributed by atoms with van der Waals surface area (Å²) in [6, 6.07) is 15.3. The van der Waals surface area contributed by atoms with Gasteiger partial charge in [0.1, 0.15) is 0 Å². The molecule has 0 fully saturated rings. The number of methoxy groups -OCH3 is 1. The van der Waals surface area contributed by atoms with E-state index in [0.29, 0.717) is 26.9 Å². The van der Waals surface area contributed by atoms with Crippen molar-refractivity contribution in [1.29, 1.82) is 0 Å². The SMILES string of the molecule is COc1cccc(C=Nc2ccc3nc(SCC(=O)Nc4ccccc4C(F)(F)F)sc3c2)c1O. The zero-order valence-corrected chi connectivity index (χ0v) is 19.8. The molecule has 6 nitrogen and oxygen atoms in total. The lowest BCUT2D eigenvalue weighted by Crippen LogP contribution is -2.18. The number of phenols is 1. The molecule has 0 aliphatic heterocycles. The topological polar surface area (TPSA) is 83.8 Å². The number of anilines is 1. The molecule has 2 N–H and O–H groups in total. The van der Waals surface area contributed by atoms with Crippen molar-refractivity contribution >= 4 is 56.8 Å². The third-order valence-electron chi connectivity index (χ3n) is 4.79. The van der Waals surface area contributed by atoms with Crippen LogP contribution in [0.3, 0.4) is 0 Å². The van der Waals surface area contributed by atoms with Crippen molar-refractivity contribution in [2.75, 3.05) is 18.2 Å². The Balaban J connectivity index is 1.42. The normalized spacial score (nSPS) is 11.8. The van der Waals surface area contributed by atoms with Crippen LogP contribution >= 0.6 is 23.1 Å². The minimum atomic E-state index is -4.56. The summed E-state index contributed by atoms with van der Waals surface area (Å²) in [6.07, 6.45) is -3.03. The van der Waals surface area contributed by atoms with Gasteiger partial charge in [-0.1, -0.05) is 30.0 Å². The van der Waals surface area contributed by atoms with E-state index >= 15 is 0 Å². The maximum absolute atomic E-state index is 13.1. The van der Waals surface area contributed by atoms with Crippen LogP contribution in [0, 0.1) is 0 Å². The number of amides is 1. The van der Waals surface area contributed by atoms with Crippen molar-refractivity contribution in [2.24, 2.45) is 4.99 Å². The average molecular weight is 518 g/mol. The summed E-state index contributed by atoms with van der Waals surface area (Å²) >= 11 is 2.48. The fraction of sp³-hybridized carbons (Fsp3) is 0.125. The van der Waals surface area contributed by atoms with Crippen LogP contribution < -0.4 is 10.1 Å². The molecule has 1 amide bonds. The number of aliphatic imine (C=N–C) groups is 1. The maximum atomic E-state index is 13.1. The number of thiazole rings is 1. The number of benzene rings is 3. The van der Waals surface area contributed by atoms with Crippen molar-refractivity contribution in [3.05, 3.63) is 71.8 Å². The zero-order chi connectivity index (χ0) is 25.0. The van der Waals surface area contributed by atoms with Crippen molar-refractivity contribution in [3.63, 3.8) is 0 Å². The molecule has 1 aromatic heterocycles. The number of thioether (sulfide) groups is 1. The molecular weight excluding hydrogens is 499 g/mol. The molecule has 0 bridgehead atoms. The third-order valence-corrected chi connectivity index (χ3v) is 6.95. The molecule has 35 heavy (non-hydrogen) atoms. The van der Waals surface area contributed by atoms with E-state index in [2.05, 4.69) is 15.3 Å². The van der Waals surface area contributed by atoms with Gasteiger partial charge < -0.3 is 15.2 Å².